The van der Waals surface area contributed by atoms with Gasteiger partial charge in [-0.15, -0.1) is 22.7 Å². The number of thiophene rings is 2. The van der Waals surface area contributed by atoms with Crippen LogP contribution < -0.4 is 0 Å². The molecule has 0 aliphatic carbocycles. The first-order valence-corrected chi connectivity index (χ1v) is 7.61. The van der Waals surface area contributed by atoms with Gasteiger partial charge in [-0.3, -0.25) is 0 Å². The Morgan fingerprint density at radius 2 is 1.50 bits per heavy atom. The SMILES string of the molecule is S=C(Sc1cccs1)Sc1cccs1. The van der Waals surface area contributed by atoms with Gasteiger partial charge in [0.25, 0.3) is 0 Å². The molecular formula is C9H6S5. The van der Waals surface area contributed by atoms with E-state index in [2.05, 4.69) is 22.9 Å². The lowest BCUT2D eigenvalue weighted by atomic mass is 10.7. The lowest BCUT2D eigenvalue weighted by Gasteiger charge is -1.97. The Labute approximate surface area is 105 Å². The highest BCUT2D eigenvalue weighted by Gasteiger charge is 2.04. The van der Waals surface area contributed by atoms with Crippen LogP contribution in [0.3, 0.4) is 0 Å². The summed E-state index contributed by atoms with van der Waals surface area (Å²) in [5, 5.41) is 4.14. The van der Waals surface area contributed by atoms with E-state index >= 15 is 0 Å². The van der Waals surface area contributed by atoms with E-state index in [1.54, 1.807) is 46.2 Å². The molecule has 0 saturated heterocycles. The van der Waals surface area contributed by atoms with Crippen LogP contribution in [0.4, 0.5) is 0 Å². The summed E-state index contributed by atoms with van der Waals surface area (Å²) in [5.41, 5.74) is 0. The van der Waals surface area contributed by atoms with E-state index in [4.69, 9.17) is 12.2 Å². The van der Waals surface area contributed by atoms with Gasteiger partial charge >= 0.3 is 0 Å². The van der Waals surface area contributed by atoms with Crippen molar-refractivity contribution in [2.75, 3.05) is 0 Å². The molecule has 0 N–H and O–H groups in total. The zero-order valence-corrected chi connectivity index (χ0v) is 11.1. The summed E-state index contributed by atoms with van der Waals surface area (Å²) < 4.78 is 3.49. The number of rotatable bonds is 2. The van der Waals surface area contributed by atoms with Gasteiger partial charge in [-0.1, -0.05) is 47.9 Å². The van der Waals surface area contributed by atoms with Crippen molar-refractivity contribution in [3.05, 3.63) is 35.0 Å². The molecule has 0 nitrogen and oxygen atoms in total. The van der Waals surface area contributed by atoms with Crippen molar-refractivity contribution in [1.82, 2.24) is 0 Å². The minimum absolute atomic E-state index is 0.968. The molecule has 0 amide bonds. The monoisotopic (exact) mass is 274 g/mol. The fourth-order valence-corrected chi connectivity index (χ4v) is 5.44. The second-order valence-electron chi connectivity index (χ2n) is 2.32. The minimum atomic E-state index is 0.968. The van der Waals surface area contributed by atoms with E-state index in [-0.39, 0.29) is 0 Å². The third kappa shape index (κ3) is 3.10. The second kappa shape index (κ2) is 5.32. The molecule has 0 saturated carbocycles. The summed E-state index contributed by atoms with van der Waals surface area (Å²) >= 11 is 12.1. The van der Waals surface area contributed by atoms with E-state index < -0.39 is 0 Å². The lowest BCUT2D eigenvalue weighted by molar-refractivity contribution is 1.75. The van der Waals surface area contributed by atoms with Crippen LogP contribution in [-0.2, 0) is 0 Å². The van der Waals surface area contributed by atoms with E-state index in [1.165, 1.54) is 8.42 Å². The van der Waals surface area contributed by atoms with Gasteiger partial charge in [0.1, 0.15) is 3.53 Å². The summed E-state index contributed by atoms with van der Waals surface area (Å²) in [5.74, 6) is 0. The van der Waals surface area contributed by atoms with Crippen molar-refractivity contribution >= 4 is 61.9 Å². The van der Waals surface area contributed by atoms with Crippen molar-refractivity contribution in [3.63, 3.8) is 0 Å². The second-order valence-corrected chi connectivity index (χ2v) is 8.02. The largest absolute Gasteiger partial charge is 0.137 e. The van der Waals surface area contributed by atoms with Crippen molar-refractivity contribution in [1.29, 1.82) is 0 Å². The van der Waals surface area contributed by atoms with Gasteiger partial charge in [0.15, 0.2) is 0 Å². The number of thiocarbonyl (C=S) groups is 1. The molecule has 0 unspecified atom stereocenters. The predicted octanol–water partition coefficient (Wildman–Crippen LogP) is 4.98. The van der Waals surface area contributed by atoms with Crippen LogP contribution in [0.15, 0.2) is 43.4 Å². The molecule has 0 radical (unpaired) electrons. The summed E-state index contributed by atoms with van der Waals surface area (Å²) in [6.45, 7) is 0. The average molecular weight is 274 g/mol. The highest BCUT2D eigenvalue weighted by atomic mass is 32.2. The van der Waals surface area contributed by atoms with Crippen molar-refractivity contribution in [2.45, 2.75) is 8.42 Å². The first kappa shape index (κ1) is 10.7. The topological polar surface area (TPSA) is 0 Å². The molecule has 2 rings (SSSR count). The number of hydrogen-bond donors (Lipinski definition) is 0. The van der Waals surface area contributed by atoms with Crippen LogP contribution >= 0.6 is 58.4 Å². The Bertz CT molecular complexity index is 349. The molecule has 14 heavy (non-hydrogen) atoms. The summed E-state index contributed by atoms with van der Waals surface area (Å²) in [7, 11) is 0. The molecule has 0 aliphatic rings. The maximum Gasteiger partial charge on any atom is 0.115 e. The smallest absolute Gasteiger partial charge is 0.115 e. The van der Waals surface area contributed by atoms with E-state index in [0.717, 1.165) is 3.53 Å². The van der Waals surface area contributed by atoms with Gasteiger partial charge in [-0.05, 0) is 22.9 Å². The maximum atomic E-state index is 5.29. The maximum absolute atomic E-state index is 5.29. The fraction of sp³-hybridized carbons (Fsp3) is 0. The predicted molar refractivity (Wildman–Crippen MR) is 73.0 cm³/mol. The molecule has 0 aromatic carbocycles. The van der Waals surface area contributed by atoms with E-state index in [1.807, 2.05) is 12.1 Å². The van der Waals surface area contributed by atoms with Crippen LogP contribution in [-0.4, -0.2) is 3.53 Å². The van der Waals surface area contributed by atoms with Gasteiger partial charge in [0.05, 0.1) is 8.42 Å². The van der Waals surface area contributed by atoms with Crippen LogP contribution in [0, 0.1) is 0 Å². The van der Waals surface area contributed by atoms with E-state index in [9.17, 15) is 0 Å². The summed E-state index contributed by atoms with van der Waals surface area (Å²) in [4.78, 5) is 0. The Morgan fingerprint density at radius 3 is 1.86 bits per heavy atom. The first-order chi connectivity index (χ1) is 6.84. The van der Waals surface area contributed by atoms with Crippen molar-refractivity contribution in [2.24, 2.45) is 0 Å². The van der Waals surface area contributed by atoms with Crippen LogP contribution in [0.1, 0.15) is 0 Å². The Kier molecular flexibility index (Phi) is 4.07. The quantitative estimate of drug-likeness (QED) is 0.560. The standard InChI is InChI=1S/C9H6S5/c10-9(13-7-3-1-5-11-7)14-8-4-2-6-12-8/h1-6H. The normalized spacial score (nSPS) is 10.3. The van der Waals surface area contributed by atoms with Gasteiger partial charge in [-0.25, -0.2) is 0 Å². The molecule has 5 heteroatoms. The number of hydrogen-bond acceptors (Lipinski definition) is 5. The average Bonchev–Trinajstić information content (AvgIpc) is 2.76. The van der Waals surface area contributed by atoms with Gasteiger partial charge in [0, 0.05) is 0 Å². The van der Waals surface area contributed by atoms with Gasteiger partial charge in [0.2, 0.25) is 0 Å². The third-order valence-electron chi connectivity index (χ3n) is 1.36. The molecule has 2 aromatic rings. The summed E-state index contributed by atoms with van der Waals surface area (Å²) in [6.07, 6.45) is 0. The Morgan fingerprint density at radius 1 is 1.00 bits per heavy atom. The van der Waals surface area contributed by atoms with Gasteiger partial charge in [-0.2, -0.15) is 0 Å². The highest BCUT2D eigenvalue weighted by Crippen LogP contribution is 2.34. The Hall–Kier alpha value is 0.190. The molecule has 0 atom stereocenters. The number of thioether (sulfide) groups is 2. The summed E-state index contributed by atoms with van der Waals surface area (Å²) in [6, 6.07) is 8.28. The first-order valence-electron chi connectivity index (χ1n) is 3.81. The molecule has 72 valence electrons. The minimum Gasteiger partial charge on any atom is -0.137 e. The molecule has 2 heterocycles. The van der Waals surface area contributed by atoms with Crippen LogP contribution in [0.5, 0.6) is 0 Å². The highest BCUT2D eigenvalue weighted by molar-refractivity contribution is 8.47. The van der Waals surface area contributed by atoms with Crippen molar-refractivity contribution < 1.29 is 0 Å². The van der Waals surface area contributed by atoms with Crippen molar-refractivity contribution in [3.8, 4) is 0 Å². The molecule has 0 aliphatic heterocycles. The van der Waals surface area contributed by atoms with Gasteiger partial charge < -0.3 is 0 Å². The molecule has 0 bridgehead atoms. The lowest BCUT2D eigenvalue weighted by Crippen LogP contribution is -1.75. The molecule has 0 spiro atoms. The zero-order valence-electron chi connectivity index (χ0n) is 7.01. The third-order valence-corrected chi connectivity index (χ3v) is 5.77. The van der Waals surface area contributed by atoms with Crippen LogP contribution in [0.25, 0.3) is 0 Å². The zero-order chi connectivity index (χ0) is 9.80. The molecule has 2 aromatic heterocycles. The van der Waals surface area contributed by atoms with E-state index in [0.29, 0.717) is 0 Å². The molecular weight excluding hydrogens is 268 g/mol. The molecule has 0 fully saturated rings. The fourth-order valence-electron chi connectivity index (χ4n) is 0.828. The Balaban J connectivity index is 1.91. The van der Waals surface area contributed by atoms with Crippen LogP contribution in [0.2, 0.25) is 0 Å².